The van der Waals surface area contributed by atoms with Gasteiger partial charge >= 0.3 is 0 Å². The predicted octanol–water partition coefficient (Wildman–Crippen LogP) is 1.87. The van der Waals surface area contributed by atoms with Gasteiger partial charge in [0.1, 0.15) is 5.69 Å². The maximum absolute atomic E-state index is 11.5. The van der Waals surface area contributed by atoms with E-state index >= 15 is 0 Å². The molecule has 0 radical (unpaired) electrons. The van der Waals surface area contributed by atoms with Gasteiger partial charge in [-0.15, -0.1) is 0 Å². The smallest absolute Gasteiger partial charge is 0.293 e. The Morgan fingerprint density at radius 3 is 2.41 bits per heavy atom. The average Bonchev–Trinajstić information content (AvgIpc) is 2.61. The normalized spacial score (nSPS) is 15.7. The van der Waals surface area contributed by atoms with Crippen LogP contribution >= 0.6 is 0 Å². The van der Waals surface area contributed by atoms with Crippen LogP contribution in [-0.2, 0) is 16.6 Å². The lowest BCUT2D eigenvalue weighted by molar-refractivity contribution is -0.384. The molecule has 2 aromatic rings. The molecule has 1 saturated heterocycles. The van der Waals surface area contributed by atoms with Crippen molar-refractivity contribution in [3.8, 4) is 0 Å². The van der Waals surface area contributed by atoms with E-state index in [2.05, 4.69) is 30.0 Å². The van der Waals surface area contributed by atoms with Gasteiger partial charge in [-0.2, -0.15) is 0 Å². The fourth-order valence-corrected chi connectivity index (χ4v) is 3.84. The summed E-state index contributed by atoms with van der Waals surface area (Å²) in [5, 5.41) is 16.5. The molecule has 0 spiro atoms. The molecule has 0 atom stereocenters. The van der Waals surface area contributed by atoms with Crippen LogP contribution in [0.1, 0.15) is 11.1 Å². The quantitative estimate of drug-likeness (QED) is 0.616. The molecular formula is C18H22N4O4S. The first-order valence-electron chi connectivity index (χ1n) is 8.58. The third-order valence-electron chi connectivity index (χ3n) is 4.67. The largest absolute Gasteiger partial charge is 0.363 e. The van der Waals surface area contributed by atoms with Gasteiger partial charge in [-0.25, -0.2) is 13.6 Å². The number of nitrogens with zero attached hydrogens (tertiary/aromatic N) is 3. The van der Waals surface area contributed by atoms with Crippen LogP contribution in [0.4, 0.5) is 11.4 Å². The lowest BCUT2D eigenvalue weighted by atomic mass is 10.1. The second-order valence-electron chi connectivity index (χ2n) is 6.70. The Morgan fingerprint density at radius 1 is 1.11 bits per heavy atom. The van der Waals surface area contributed by atoms with Crippen molar-refractivity contribution in [2.75, 3.05) is 31.1 Å². The van der Waals surface area contributed by atoms with Crippen LogP contribution in [0.15, 0.2) is 47.4 Å². The summed E-state index contributed by atoms with van der Waals surface area (Å²) in [6, 6.07) is 12.2. The second kappa shape index (κ2) is 7.63. The standard InChI is InChI=1S/C18H22N4O4S/c1-14-3-2-4-15(11-14)13-20-7-9-21(10-8-20)17-6-5-16(27(19,25)26)12-18(17)22(23)24/h2-6,11-12H,7-10,13H2,1H3,(H2,19,25,26). The molecule has 8 nitrogen and oxygen atoms in total. The highest BCUT2D eigenvalue weighted by Crippen LogP contribution is 2.31. The number of nitro benzene ring substituents is 1. The molecule has 0 bridgehead atoms. The van der Waals surface area contributed by atoms with Gasteiger partial charge in [-0.1, -0.05) is 29.8 Å². The van der Waals surface area contributed by atoms with Crippen molar-refractivity contribution in [3.63, 3.8) is 0 Å². The Hall–Kier alpha value is -2.49. The molecule has 3 rings (SSSR count). The molecule has 2 N–H and O–H groups in total. The van der Waals surface area contributed by atoms with Gasteiger partial charge in [-0.05, 0) is 24.6 Å². The highest BCUT2D eigenvalue weighted by molar-refractivity contribution is 7.89. The molecule has 0 aliphatic carbocycles. The molecule has 0 amide bonds. The van der Waals surface area contributed by atoms with Crippen molar-refractivity contribution >= 4 is 21.4 Å². The number of nitro groups is 1. The molecule has 1 aliphatic rings. The minimum absolute atomic E-state index is 0.242. The zero-order chi connectivity index (χ0) is 19.6. The molecule has 0 saturated carbocycles. The molecule has 144 valence electrons. The van der Waals surface area contributed by atoms with Gasteiger partial charge in [0.15, 0.2) is 0 Å². The number of nitrogens with two attached hydrogens (primary N) is 1. The maximum Gasteiger partial charge on any atom is 0.293 e. The summed E-state index contributed by atoms with van der Waals surface area (Å²) in [5.74, 6) is 0. The van der Waals surface area contributed by atoms with E-state index in [9.17, 15) is 18.5 Å². The molecule has 0 aromatic heterocycles. The number of hydrogen-bond donors (Lipinski definition) is 1. The SMILES string of the molecule is Cc1cccc(CN2CCN(c3ccc(S(N)(=O)=O)cc3[N+](=O)[O-])CC2)c1. The van der Waals surface area contributed by atoms with Gasteiger partial charge in [-0.3, -0.25) is 15.0 Å². The van der Waals surface area contributed by atoms with E-state index in [1.165, 1.54) is 23.3 Å². The van der Waals surface area contributed by atoms with Crippen molar-refractivity contribution in [1.29, 1.82) is 0 Å². The van der Waals surface area contributed by atoms with Crippen LogP contribution < -0.4 is 10.0 Å². The molecule has 1 heterocycles. The first-order chi connectivity index (χ1) is 12.7. The van der Waals surface area contributed by atoms with Crippen molar-refractivity contribution < 1.29 is 13.3 Å². The van der Waals surface area contributed by atoms with Crippen LogP contribution in [0, 0.1) is 17.0 Å². The van der Waals surface area contributed by atoms with Crippen LogP contribution in [-0.4, -0.2) is 44.4 Å². The van der Waals surface area contributed by atoms with E-state index in [-0.39, 0.29) is 10.6 Å². The minimum Gasteiger partial charge on any atom is -0.363 e. The van der Waals surface area contributed by atoms with Crippen LogP contribution in [0.2, 0.25) is 0 Å². The lowest BCUT2D eigenvalue weighted by Gasteiger charge is -2.35. The zero-order valence-corrected chi connectivity index (χ0v) is 15.9. The molecule has 9 heteroatoms. The van der Waals surface area contributed by atoms with Gasteiger partial charge in [0.25, 0.3) is 5.69 Å². The summed E-state index contributed by atoms with van der Waals surface area (Å²) in [5.41, 5.74) is 2.64. The van der Waals surface area contributed by atoms with E-state index in [1.807, 2.05) is 11.0 Å². The van der Waals surface area contributed by atoms with Crippen molar-refractivity contribution in [2.45, 2.75) is 18.4 Å². The Kier molecular flexibility index (Phi) is 5.45. The first-order valence-corrected chi connectivity index (χ1v) is 10.1. The highest BCUT2D eigenvalue weighted by atomic mass is 32.2. The number of hydrogen-bond acceptors (Lipinski definition) is 6. The summed E-state index contributed by atoms with van der Waals surface area (Å²) in [7, 11) is -3.98. The second-order valence-corrected chi connectivity index (χ2v) is 8.27. The Bertz CT molecular complexity index is 954. The van der Waals surface area contributed by atoms with E-state index in [1.54, 1.807) is 0 Å². The van der Waals surface area contributed by atoms with Gasteiger partial charge < -0.3 is 4.90 Å². The minimum atomic E-state index is -3.98. The van der Waals surface area contributed by atoms with Gasteiger partial charge in [0, 0.05) is 38.8 Å². The van der Waals surface area contributed by atoms with E-state index in [0.29, 0.717) is 18.8 Å². The summed E-state index contributed by atoms with van der Waals surface area (Å²) >= 11 is 0. The molecule has 0 unspecified atom stereocenters. The zero-order valence-electron chi connectivity index (χ0n) is 15.0. The average molecular weight is 390 g/mol. The highest BCUT2D eigenvalue weighted by Gasteiger charge is 2.25. The van der Waals surface area contributed by atoms with Crippen molar-refractivity contribution in [3.05, 3.63) is 63.7 Å². The third kappa shape index (κ3) is 4.62. The molecule has 1 aliphatic heterocycles. The lowest BCUT2D eigenvalue weighted by Crippen LogP contribution is -2.46. The Morgan fingerprint density at radius 2 is 1.81 bits per heavy atom. The maximum atomic E-state index is 11.5. The number of rotatable bonds is 5. The van der Waals surface area contributed by atoms with E-state index in [0.717, 1.165) is 25.7 Å². The van der Waals surface area contributed by atoms with Crippen LogP contribution in [0.5, 0.6) is 0 Å². The van der Waals surface area contributed by atoms with Gasteiger partial charge in [0.2, 0.25) is 10.0 Å². The number of primary sulfonamides is 1. The number of anilines is 1. The summed E-state index contributed by atoms with van der Waals surface area (Å²) in [6.45, 7) is 5.68. The number of benzene rings is 2. The summed E-state index contributed by atoms with van der Waals surface area (Å²) in [4.78, 5) is 14.8. The van der Waals surface area contributed by atoms with Crippen molar-refractivity contribution in [2.24, 2.45) is 5.14 Å². The predicted molar refractivity (Wildman–Crippen MR) is 103 cm³/mol. The van der Waals surface area contributed by atoms with Crippen molar-refractivity contribution in [1.82, 2.24) is 4.90 Å². The van der Waals surface area contributed by atoms with E-state index < -0.39 is 14.9 Å². The van der Waals surface area contributed by atoms with Gasteiger partial charge in [0.05, 0.1) is 9.82 Å². The van der Waals surface area contributed by atoms with E-state index in [4.69, 9.17) is 5.14 Å². The Labute approximate surface area is 158 Å². The molecular weight excluding hydrogens is 368 g/mol. The summed E-state index contributed by atoms with van der Waals surface area (Å²) < 4.78 is 22.9. The molecule has 1 fully saturated rings. The summed E-state index contributed by atoms with van der Waals surface area (Å²) in [6.07, 6.45) is 0. The Balaban J connectivity index is 1.73. The topological polar surface area (TPSA) is 110 Å². The fourth-order valence-electron chi connectivity index (χ4n) is 3.31. The number of piperazine rings is 1. The van der Waals surface area contributed by atoms with Crippen LogP contribution in [0.25, 0.3) is 0 Å². The van der Waals surface area contributed by atoms with Crippen LogP contribution in [0.3, 0.4) is 0 Å². The molecule has 27 heavy (non-hydrogen) atoms. The fraction of sp³-hybridized carbons (Fsp3) is 0.333. The number of aryl methyl sites for hydroxylation is 1. The third-order valence-corrected chi connectivity index (χ3v) is 5.58. The monoisotopic (exact) mass is 390 g/mol. The molecule has 2 aromatic carbocycles. The number of sulfonamides is 1. The first kappa shape index (κ1) is 19.3.